The fraction of sp³-hybridized carbons (Fsp3) is 0.111. The number of benzene rings is 1. The molecule has 0 aliphatic heterocycles. The van der Waals surface area contributed by atoms with E-state index in [1.807, 2.05) is 0 Å². The number of hydrogen-bond acceptors (Lipinski definition) is 2. The van der Waals surface area contributed by atoms with E-state index in [9.17, 15) is 4.39 Å². The van der Waals surface area contributed by atoms with Gasteiger partial charge in [0.05, 0.1) is 0 Å². The Bertz CT molecular complexity index is 399. The highest BCUT2D eigenvalue weighted by molar-refractivity contribution is 5.94. The lowest BCUT2D eigenvalue weighted by molar-refractivity contribution is 0.628. The largest absolute Gasteiger partial charge is 0.369 e. The van der Waals surface area contributed by atoms with Gasteiger partial charge in [0.1, 0.15) is 5.82 Å². The summed E-state index contributed by atoms with van der Waals surface area (Å²) in [6, 6.07) is 5.76. The standard InChI is InChI=1S/C9H13FN6/c1-16(9(13)15-14-8(11)12)7-4-2-6(10)3-5-7/h2-5H,1H3,(H2,13,15)(H4,11,12,14). The average Bonchev–Trinajstić information content (AvgIpc) is 2.26. The maximum Gasteiger partial charge on any atom is 0.218 e. The van der Waals surface area contributed by atoms with E-state index in [0.717, 1.165) is 0 Å². The predicted octanol–water partition coefficient (Wildman–Crippen LogP) is -0.0253. The molecule has 6 N–H and O–H groups in total. The molecule has 0 bridgehead atoms. The fourth-order valence-corrected chi connectivity index (χ4v) is 0.989. The molecule has 0 aliphatic rings. The molecule has 0 radical (unpaired) electrons. The summed E-state index contributed by atoms with van der Waals surface area (Å²) in [7, 11) is 1.66. The molecule has 1 rings (SSSR count). The molecule has 7 heteroatoms. The maximum absolute atomic E-state index is 12.7. The van der Waals surface area contributed by atoms with Gasteiger partial charge in [0.15, 0.2) is 0 Å². The molecule has 0 saturated heterocycles. The number of nitrogens with one attached hydrogen (secondary N) is 2. The third-order valence-electron chi connectivity index (χ3n) is 1.85. The summed E-state index contributed by atoms with van der Waals surface area (Å²) >= 11 is 0. The van der Waals surface area contributed by atoms with Gasteiger partial charge in [-0.25, -0.2) is 9.82 Å². The lowest BCUT2D eigenvalue weighted by Gasteiger charge is -2.17. The van der Waals surface area contributed by atoms with Gasteiger partial charge >= 0.3 is 0 Å². The molecular weight excluding hydrogens is 211 g/mol. The Hall–Kier alpha value is -2.31. The van der Waals surface area contributed by atoms with Crippen molar-refractivity contribution < 1.29 is 4.39 Å². The van der Waals surface area contributed by atoms with Crippen molar-refractivity contribution in [2.24, 2.45) is 16.6 Å². The van der Waals surface area contributed by atoms with Crippen LogP contribution in [0.3, 0.4) is 0 Å². The second-order valence-electron chi connectivity index (χ2n) is 3.03. The van der Waals surface area contributed by atoms with Crippen LogP contribution in [0.1, 0.15) is 0 Å². The van der Waals surface area contributed by atoms with Crippen LogP contribution in [0, 0.1) is 11.2 Å². The first-order valence-electron chi connectivity index (χ1n) is 4.43. The van der Waals surface area contributed by atoms with Gasteiger partial charge in [-0.2, -0.15) is 0 Å². The van der Waals surface area contributed by atoms with Crippen LogP contribution < -0.4 is 21.8 Å². The normalized spacial score (nSPS) is 11.0. The monoisotopic (exact) mass is 224 g/mol. The van der Waals surface area contributed by atoms with Gasteiger partial charge in [0, 0.05) is 12.7 Å². The Kier molecular flexibility index (Phi) is 3.65. The van der Waals surface area contributed by atoms with Crippen molar-refractivity contribution in [1.29, 1.82) is 5.41 Å². The van der Waals surface area contributed by atoms with E-state index < -0.39 is 0 Å². The van der Waals surface area contributed by atoms with Crippen molar-refractivity contribution in [1.82, 2.24) is 5.43 Å². The molecule has 0 atom stereocenters. The summed E-state index contributed by atoms with van der Waals surface area (Å²) < 4.78 is 12.7. The Morgan fingerprint density at radius 1 is 1.38 bits per heavy atom. The Morgan fingerprint density at radius 3 is 2.44 bits per heavy atom. The third-order valence-corrected chi connectivity index (χ3v) is 1.85. The van der Waals surface area contributed by atoms with Crippen LogP contribution in [-0.4, -0.2) is 19.0 Å². The third kappa shape index (κ3) is 3.12. The highest BCUT2D eigenvalue weighted by Gasteiger charge is 2.04. The first kappa shape index (κ1) is 11.8. The highest BCUT2D eigenvalue weighted by Crippen LogP contribution is 2.12. The molecule has 0 saturated carbocycles. The molecule has 0 aliphatic carbocycles. The first-order chi connectivity index (χ1) is 7.50. The van der Waals surface area contributed by atoms with Crippen LogP contribution in [0.2, 0.25) is 0 Å². The van der Waals surface area contributed by atoms with E-state index in [4.69, 9.17) is 16.9 Å². The second-order valence-corrected chi connectivity index (χ2v) is 3.03. The number of hydrogen-bond donors (Lipinski definition) is 4. The molecule has 16 heavy (non-hydrogen) atoms. The number of anilines is 1. The van der Waals surface area contributed by atoms with Crippen LogP contribution in [0.15, 0.2) is 29.4 Å². The van der Waals surface area contributed by atoms with Gasteiger partial charge < -0.3 is 16.4 Å². The number of guanidine groups is 2. The van der Waals surface area contributed by atoms with Crippen LogP contribution in [-0.2, 0) is 0 Å². The molecule has 1 aromatic rings. The molecule has 0 spiro atoms. The van der Waals surface area contributed by atoms with Crippen LogP contribution in [0.5, 0.6) is 0 Å². The quantitative estimate of drug-likeness (QED) is 0.322. The molecule has 0 heterocycles. The Morgan fingerprint density at radius 2 is 1.94 bits per heavy atom. The smallest absolute Gasteiger partial charge is 0.218 e. The van der Waals surface area contributed by atoms with Gasteiger partial charge in [0.25, 0.3) is 0 Å². The van der Waals surface area contributed by atoms with Crippen molar-refractivity contribution in [2.45, 2.75) is 0 Å². The van der Waals surface area contributed by atoms with Gasteiger partial charge in [-0.05, 0) is 24.3 Å². The lowest BCUT2D eigenvalue weighted by atomic mass is 10.3. The van der Waals surface area contributed by atoms with Crippen molar-refractivity contribution >= 4 is 17.6 Å². The molecule has 1 aromatic carbocycles. The summed E-state index contributed by atoms with van der Waals surface area (Å²) in [5.41, 5.74) is 13.5. The zero-order chi connectivity index (χ0) is 12.1. The SMILES string of the molecule is CN(C(N)=NNC(=N)N)c1ccc(F)cc1. The van der Waals surface area contributed by atoms with Gasteiger partial charge in [-0.1, -0.05) is 0 Å². The highest BCUT2D eigenvalue weighted by atomic mass is 19.1. The molecule has 0 fully saturated rings. The zero-order valence-electron chi connectivity index (χ0n) is 8.74. The van der Waals surface area contributed by atoms with Crippen LogP contribution >= 0.6 is 0 Å². The van der Waals surface area contributed by atoms with Crippen molar-refractivity contribution in [3.05, 3.63) is 30.1 Å². The number of nitrogens with zero attached hydrogens (tertiary/aromatic N) is 2. The topological polar surface area (TPSA) is 104 Å². The first-order valence-corrected chi connectivity index (χ1v) is 4.43. The zero-order valence-corrected chi connectivity index (χ0v) is 8.74. The maximum atomic E-state index is 12.7. The summed E-state index contributed by atoms with van der Waals surface area (Å²) in [6.45, 7) is 0. The van der Waals surface area contributed by atoms with E-state index in [0.29, 0.717) is 5.69 Å². The van der Waals surface area contributed by atoms with Crippen molar-refractivity contribution in [3.63, 3.8) is 0 Å². The molecule has 0 unspecified atom stereocenters. The van der Waals surface area contributed by atoms with Gasteiger partial charge in [-0.15, -0.1) is 5.10 Å². The molecular formula is C9H13FN6. The van der Waals surface area contributed by atoms with Crippen LogP contribution in [0.25, 0.3) is 0 Å². The van der Waals surface area contributed by atoms with Gasteiger partial charge in [0.2, 0.25) is 11.9 Å². The second kappa shape index (κ2) is 4.96. The van der Waals surface area contributed by atoms with E-state index in [1.165, 1.54) is 17.0 Å². The summed E-state index contributed by atoms with van der Waals surface area (Å²) in [5, 5.41) is 10.5. The number of nitrogens with two attached hydrogens (primary N) is 2. The lowest BCUT2D eigenvalue weighted by Crippen LogP contribution is -2.37. The minimum absolute atomic E-state index is 0.113. The number of hydrazone groups is 1. The van der Waals surface area contributed by atoms with E-state index in [2.05, 4.69) is 10.5 Å². The van der Waals surface area contributed by atoms with E-state index in [1.54, 1.807) is 19.2 Å². The summed E-state index contributed by atoms with van der Waals surface area (Å²) in [4.78, 5) is 1.52. The molecule has 6 nitrogen and oxygen atoms in total. The molecule has 0 amide bonds. The minimum atomic E-state index is -0.325. The van der Waals surface area contributed by atoms with E-state index >= 15 is 0 Å². The Labute approximate surface area is 92.2 Å². The molecule has 86 valence electrons. The number of halogens is 1. The van der Waals surface area contributed by atoms with Crippen LogP contribution in [0.4, 0.5) is 10.1 Å². The van der Waals surface area contributed by atoms with E-state index in [-0.39, 0.29) is 17.7 Å². The fourth-order valence-electron chi connectivity index (χ4n) is 0.989. The minimum Gasteiger partial charge on any atom is -0.369 e. The molecule has 0 aromatic heterocycles. The average molecular weight is 224 g/mol. The van der Waals surface area contributed by atoms with Crippen molar-refractivity contribution in [2.75, 3.05) is 11.9 Å². The Balaban J connectivity index is 2.77. The summed E-state index contributed by atoms with van der Waals surface area (Å²) in [6.07, 6.45) is 0. The van der Waals surface area contributed by atoms with Gasteiger partial charge in [-0.3, -0.25) is 5.41 Å². The van der Waals surface area contributed by atoms with Crippen molar-refractivity contribution in [3.8, 4) is 0 Å². The summed E-state index contributed by atoms with van der Waals surface area (Å²) in [5.74, 6) is -0.521. The number of rotatable bonds is 2. The predicted molar refractivity (Wildman–Crippen MR) is 61.5 cm³/mol.